The van der Waals surface area contributed by atoms with E-state index in [1.807, 2.05) is 6.20 Å². The van der Waals surface area contributed by atoms with Crippen LogP contribution in [0.2, 0.25) is 0 Å². The van der Waals surface area contributed by atoms with E-state index in [4.69, 9.17) is 9.97 Å². The van der Waals surface area contributed by atoms with Crippen LogP contribution < -0.4 is 0 Å². The van der Waals surface area contributed by atoms with E-state index < -0.39 is 0 Å². The predicted molar refractivity (Wildman–Crippen MR) is 318 cm³/mol. The summed E-state index contributed by atoms with van der Waals surface area (Å²) in [6, 6.07) is 76.1. The first kappa shape index (κ1) is 51.2. The molecule has 0 saturated heterocycles. The van der Waals surface area contributed by atoms with Crippen LogP contribution in [0.4, 0.5) is 0 Å². The van der Waals surface area contributed by atoms with Crippen molar-refractivity contribution >= 4 is 11.0 Å². The predicted octanol–water partition coefficient (Wildman–Crippen LogP) is 19.1. The molecular weight excluding hydrogens is 1120 g/mol. The van der Waals surface area contributed by atoms with Crippen LogP contribution in [-0.4, -0.2) is 19.6 Å². The van der Waals surface area contributed by atoms with Gasteiger partial charge in [0.15, 0.2) is 0 Å². The van der Waals surface area contributed by atoms with E-state index in [0.717, 1.165) is 106 Å². The standard InChI is InChI=1S/C72H62N3O.Pt/c1-70(2,3)49-35-36-64(58(42-49)46-25-14-11-15-26-46)75-65-34-22-33-57(67(65)74-69(75)61-43-50(71(4,5)6)44-62(68(61)76)72(7,8)9)60-40-48(63-41-47(37-38-73-63)45-23-12-10-13-24-45)39-59-55-31-19-18-29-53(55)51-27-16-17-28-52(51)54-30-20-21-32-56(54)66(59)60;/h10-39,41-44,76H,1-9H3;/q-1;. The number of phenolic OH excluding ortho intramolecular Hbond substituents is 1. The molecule has 1 aliphatic carbocycles. The SMILES string of the molecule is CC(C)(C)c1ccc(-n2c(-c3cc(C(C)(C)C)cc(C(C)(C)C)c3O)nc3c(-c4[c-]c(-c5cc(-c6ccccc6)ccn5)cc5c4-c4ccccc4-c4ccccc4-c4ccccc4-5)cccc32)c(-c2ccccc2)c1.[Pt]. The molecule has 5 heteroatoms. The van der Waals surface area contributed by atoms with Gasteiger partial charge in [0, 0.05) is 44.1 Å². The van der Waals surface area contributed by atoms with Crippen LogP contribution in [0.3, 0.4) is 0 Å². The molecule has 0 atom stereocenters. The summed E-state index contributed by atoms with van der Waals surface area (Å²) in [5.74, 6) is 0.895. The summed E-state index contributed by atoms with van der Waals surface area (Å²) in [7, 11) is 0. The zero-order chi connectivity index (χ0) is 52.7. The smallest absolute Gasteiger partial charge is 0.148 e. The monoisotopic (exact) mass is 1180 g/mol. The molecule has 2 heterocycles. The van der Waals surface area contributed by atoms with Crippen LogP contribution >= 0.6 is 0 Å². The van der Waals surface area contributed by atoms with Gasteiger partial charge < -0.3 is 5.11 Å². The first-order valence-electron chi connectivity index (χ1n) is 26.5. The Kier molecular flexibility index (Phi) is 13.0. The fourth-order valence-electron chi connectivity index (χ4n) is 11.2. The zero-order valence-electron chi connectivity index (χ0n) is 45.2. The number of fused-ring (bicyclic) bond motifs is 9. The van der Waals surface area contributed by atoms with Gasteiger partial charge in [-0.25, -0.2) is 4.98 Å². The molecule has 0 unspecified atom stereocenters. The van der Waals surface area contributed by atoms with E-state index in [2.05, 4.69) is 273 Å². The second kappa shape index (κ2) is 19.6. The van der Waals surface area contributed by atoms with Gasteiger partial charge in [-0.3, -0.25) is 9.55 Å². The Labute approximate surface area is 468 Å². The van der Waals surface area contributed by atoms with Crippen LogP contribution in [0.15, 0.2) is 206 Å². The molecule has 0 bridgehead atoms. The summed E-state index contributed by atoms with van der Waals surface area (Å²) >= 11 is 0. The molecule has 2 aromatic heterocycles. The molecule has 4 nitrogen and oxygen atoms in total. The molecule has 1 N–H and O–H groups in total. The molecule has 0 fully saturated rings. The first-order chi connectivity index (χ1) is 36.5. The number of aromatic nitrogens is 3. The van der Waals surface area contributed by atoms with Crippen molar-refractivity contribution < 1.29 is 26.2 Å². The molecule has 11 aromatic rings. The average Bonchev–Trinajstić information content (AvgIpc) is 4.10. The zero-order valence-corrected chi connectivity index (χ0v) is 47.5. The van der Waals surface area contributed by atoms with Crippen molar-refractivity contribution in [1.82, 2.24) is 14.5 Å². The number of phenols is 1. The van der Waals surface area contributed by atoms with Gasteiger partial charge in [-0.05, 0) is 108 Å². The van der Waals surface area contributed by atoms with E-state index in [1.165, 1.54) is 16.7 Å². The van der Waals surface area contributed by atoms with Gasteiger partial charge in [-0.1, -0.05) is 248 Å². The van der Waals surface area contributed by atoms with Gasteiger partial charge in [-0.2, -0.15) is 0 Å². The minimum absolute atomic E-state index is 0. The molecule has 12 rings (SSSR count). The van der Waals surface area contributed by atoms with Crippen LogP contribution in [0.1, 0.15) is 79.0 Å². The maximum Gasteiger partial charge on any atom is 0.148 e. The Bertz CT molecular complexity index is 4050. The summed E-state index contributed by atoms with van der Waals surface area (Å²) in [6.07, 6.45) is 1.91. The molecule has 0 spiro atoms. The molecule has 0 aliphatic heterocycles. The molecule has 0 saturated carbocycles. The second-order valence-corrected chi connectivity index (χ2v) is 23.5. The van der Waals surface area contributed by atoms with Gasteiger partial charge >= 0.3 is 0 Å². The van der Waals surface area contributed by atoms with Gasteiger partial charge in [0.2, 0.25) is 0 Å². The Morgan fingerprint density at radius 1 is 0.429 bits per heavy atom. The quantitative estimate of drug-likeness (QED) is 0.169. The minimum Gasteiger partial charge on any atom is -0.507 e. The summed E-state index contributed by atoms with van der Waals surface area (Å²) in [6.45, 7) is 20.0. The number of pyridine rings is 1. The van der Waals surface area contributed by atoms with Crippen LogP contribution in [-0.2, 0) is 37.3 Å². The average molecular weight is 1180 g/mol. The van der Waals surface area contributed by atoms with Crippen molar-refractivity contribution in [3.05, 3.63) is 229 Å². The number of para-hydroxylation sites is 1. The number of hydrogen-bond donors (Lipinski definition) is 1. The number of rotatable bonds is 6. The van der Waals surface area contributed by atoms with E-state index in [0.29, 0.717) is 11.4 Å². The maximum absolute atomic E-state index is 12.9. The maximum atomic E-state index is 12.9. The van der Waals surface area contributed by atoms with Crippen molar-refractivity contribution in [2.45, 2.75) is 78.6 Å². The van der Waals surface area contributed by atoms with Crippen molar-refractivity contribution in [2.75, 3.05) is 0 Å². The Morgan fingerprint density at radius 2 is 0.961 bits per heavy atom. The third-order valence-corrected chi connectivity index (χ3v) is 15.3. The molecule has 77 heavy (non-hydrogen) atoms. The van der Waals surface area contributed by atoms with Crippen LogP contribution in [0.25, 0.3) is 117 Å². The largest absolute Gasteiger partial charge is 0.507 e. The Morgan fingerprint density at radius 3 is 1.56 bits per heavy atom. The molecule has 0 radical (unpaired) electrons. The first-order valence-corrected chi connectivity index (χ1v) is 26.5. The number of hydrogen-bond acceptors (Lipinski definition) is 3. The Hall–Kier alpha value is -7.91. The van der Waals surface area contributed by atoms with Crippen molar-refractivity contribution in [3.63, 3.8) is 0 Å². The molecule has 382 valence electrons. The number of benzene rings is 9. The fourth-order valence-corrected chi connectivity index (χ4v) is 11.2. The van der Waals surface area contributed by atoms with E-state index in [9.17, 15) is 5.11 Å². The normalized spacial score (nSPS) is 12.2. The third kappa shape index (κ3) is 9.17. The third-order valence-electron chi connectivity index (χ3n) is 15.3. The number of nitrogens with zero attached hydrogens (tertiary/aromatic N) is 3. The van der Waals surface area contributed by atoms with Crippen molar-refractivity contribution in [2.24, 2.45) is 0 Å². The van der Waals surface area contributed by atoms with E-state index >= 15 is 0 Å². The second-order valence-electron chi connectivity index (χ2n) is 23.5. The van der Waals surface area contributed by atoms with Crippen LogP contribution in [0.5, 0.6) is 5.75 Å². The van der Waals surface area contributed by atoms with Gasteiger partial charge in [0.05, 0.1) is 22.3 Å². The minimum atomic E-state index is -0.370. The van der Waals surface area contributed by atoms with Crippen LogP contribution in [0, 0.1) is 6.07 Å². The number of imidazole rings is 1. The van der Waals surface area contributed by atoms with Gasteiger partial charge in [-0.15, -0.1) is 17.7 Å². The molecule has 9 aromatic carbocycles. The molecule has 0 amide bonds. The van der Waals surface area contributed by atoms with Crippen molar-refractivity contribution in [3.8, 4) is 112 Å². The van der Waals surface area contributed by atoms with E-state index in [-0.39, 0.29) is 43.1 Å². The van der Waals surface area contributed by atoms with Gasteiger partial charge in [0.1, 0.15) is 11.6 Å². The summed E-state index contributed by atoms with van der Waals surface area (Å²) in [5, 5.41) is 12.9. The van der Waals surface area contributed by atoms with E-state index in [1.54, 1.807) is 0 Å². The topological polar surface area (TPSA) is 50.9 Å². The summed E-state index contributed by atoms with van der Waals surface area (Å²) < 4.78 is 2.31. The summed E-state index contributed by atoms with van der Waals surface area (Å²) in [4.78, 5) is 11.0. The molecule has 1 aliphatic rings. The summed E-state index contributed by atoms with van der Waals surface area (Å²) in [5.41, 5.74) is 22.8. The van der Waals surface area contributed by atoms with Gasteiger partial charge in [0.25, 0.3) is 0 Å². The number of aromatic hydroxyl groups is 1. The fraction of sp³-hybridized carbons (Fsp3) is 0.167. The van der Waals surface area contributed by atoms with Crippen molar-refractivity contribution in [1.29, 1.82) is 0 Å². The Balaban J connectivity index is 0.00000631. The molecular formula is C72H62N3OPt-.